The van der Waals surface area contributed by atoms with E-state index in [9.17, 15) is 4.39 Å². The first-order valence-corrected chi connectivity index (χ1v) is 4.79. The van der Waals surface area contributed by atoms with Gasteiger partial charge in [0.25, 0.3) is 0 Å². The van der Waals surface area contributed by atoms with Crippen LogP contribution >= 0.6 is 0 Å². The zero-order chi connectivity index (χ0) is 11.4. The molecule has 0 bridgehead atoms. The van der Waals surface area contributed by atoms with Gasteiger partial charge in [-0.05, 0) is 31.7 Å². The van der Waals surface area contributed by atoms with Crippen molar-refractivity contribution >= 4 is 5.84 Å². The zero-order valence-corrected chi connectivity index (χ0v) is 9.00. The summed E-state index contributed by atoms with van der Waals surface area (Å²) in [4.78, 5) is 1.94. The highest BCUT2D eigenvalue weighted by Crippen LogP contribution is 2.07. The molecule has 0 aliphatic heterocycles. The smallest absolute Gasteiger partial charge is 0.123 e. The lowest BCUT2D eigenvalue weighted by Gasteiger charge is -2.23. The molecule has 1 rings (SSSR count). The average Bonchev–Trinajstić information content (AvgIpc) is 2.20. The summed E-state index contributed by atoms with van der Waals surface area (Å²) in [6, 6.07) is 6.23. The van der Waals surface area contributed by atoms with Crippen LogP contribution in [0.2, 0.25) is 0 Å². The standard InChI is InChI=1S/C11H16FN3/c1-8(11(13)14)15(2)7-9-3-5-10(12)6-4-9/h3-6,8H,7H2,1-2H3,(H3,13,14). The van der Waals surface area contributed by atoms with E-state index < -0.39 is 0 Å². The van der Waals surface area contributed by atoms with E-state index in [1.165, 1.54) is 12.1 Å². The van der Waals surface area contributed by atoms with Crippen molar-refractivity contribution in [2.24, 2.45) is 5.73 Å². The van der Waals surface area contributed by atoms with E-state index in [-0.39, 0.29) is 17.7 Å². The molecule has 0 fully saturated rings. The molecular weight excluding hydrogens is 193 g/mol. The maximum absolute atomic E-state index is 12.6. The molecule has 0 amide bonds. The summed E-state index contributed by atoms with van der Waals surface area (Å²) in [5.74, 6) is -0.0966. The minimum atomic E-state index is -0.235. The van der Waals surface area contributed by atoms with Crippen LogP contribution in [0.15, 0.2) is 24.3 Å². The van der Waals surface area contributed by atoms with Crippen LogP contribution in [0, 0.1) is 11.2 Å². The highest BCUT2D eigenvalue weighted by Gasteiger charge is 2.11. The number of nitrogens with one attached hydrogen (secondary N) is 1. The van der Waals surface area contributed by atoms with Crippen molar-refractivity contribution in [3.8, 4) is 0 Å². The predicted molar refractivity (Wildman–Crippen MR) is 59.2 cm³/mol. The van der Waals surface area contributed by atoms with Gasteiger partial charge in [0.05, 0.1) is 6.04 Å². The molecule has 3 N–H and O–H groups in total. The minimum absolute atomic E-state index is 0.102. The number of benzene rings is 1. The molecule has 3 nitrogen and oxygen atoms in total. The molecule has 4 heteroatoms. The number of halogens is 1. The van der Waals surface area contributed by atoms with Crippen molar-refractivity contribution in [3.63, 3.8) is 0 Å². The minimum Gasteiger partial charge on any atom is -0.386 e. The van der Waals surface area contributed by atoms with Crippen LogP contribution in [0.3, 0.4) is 0 Å². The van der Waals surface area contributed by atoms with E-state index in [1.807, 2.05) is 18.9 Å². The van der Waals surface area contributed by atoms with E-state index in [2.05, 4.69) is 0 Å². The SMILES string of the molecule is CC(C(=N)N)N(C)Cc1ccc(F)cc1. The Morgan fingerprint density at radius 2 is 2.00 bits per heavy atom. The Morgan fingerprint density at radius 1 is 1.47 bits per heavy atom. The monoisotopic (exact) mass is 209 g/mol. The van der Waals surface area contributed by atoms with Gasteiger partial charge in [0.15, 0.2) is 0 Å². The molecule has 82 valence electrons. The Labute approximate surface area is 89.2 Å². The molecule has 0 spiro atoms. The molecule has 1 aromatic rings. The molecule has 0 aliphatic carbocycles. The lowest BCUT2D eigenvalue weighted by Crippen LogP contribution is -2.39. The van der Waals surface area contributed by atoms with E-state index in [4.69, 9.17) is 11.1 Å². The van der Waals surface area contributed by atoms with Crippen LogP contribution < -0.4 is 5.73 Å². The molecule has 0 saturated heterocycles. The number of amidine groups is 1. The van der Waals surface area contributed by atoms with Crippen molar-refractivity contribution < 1.29 is 4.39 Å². The largest absolute Gasteiger partial charge is 0.386 e. The summed E-state index contributed by atoms with van der Waals surface area (Å²) in [5, 5.41) is 7.31. The fraction of sp³-hybridized carbons (Fsp3) is 0.364. The maximum Gasteiger partial charge on any atom is 0.123 e. The molecule has 1 atom stereocenters. The Kier molecular flexibility index (Phi) is 3.80. The number of hydrogen-bond acceptors (Lipinski definition) is 2. The molecule has 0 radical (unpaired) electrons. The lowest BCUT2D eigenvalue weighted by atomic mass is 10.2. The predicted octanol–water partition coefficient (Wildman–Crippen LogP) is 1.58. The van der Waals surface area contributed by atoms with Crippen LogP contribution in [0.5, 0.6) is 0 Å². The van der Waals surface area contributed by atoms with E-state index in [1.54, 1.807) is 12.1 Å². The summed E-state index contributed by atoms with van der Waals surface area (Å²) < 4.78 is 12.6. The van der Waals surface area contributed by atoms with Gasteiger partial charge in [-0.25, -0.2) is 4.39 Å². The fourth-order valence-corrected chi connectivity index (χ4v) is 1.25. The van der Waals surface area contributed by atoms with Gasteiger partial charge in [0.1, 0.15) is 11.7 Å². The van der Waals surface area contributed by atoms with Gasteiger partial charge in [-0.3, -0.25) is 10.3 Å². The second kappa shape index (κ2) is 4.89. The maximum atomic E-state index is 12.6. The fourth-order valence-electron chi connectivity index (χ4n) is 1.25. The van der Waals surface area contributed by atoms with Crippen molar-refractivity contribution in [2.75, 3.05) is 7.05 Å². The second-order valence-electron chi connectivity index (χ2n) is 3.67. The number of likely N-dealkylation sites (N-methyl/N-ethyl adjacent to an activating group) is 1. The molecule has 0 aliphatic rings. The van der Waals surface area contributed by atoms with Gasteiger partial charge in [-0.15, -0.1) is 0 Å². The van der Waals surface area contributed by atoms with Crippen LogP contribution in [0.25, 0.3) is 0 Å². The van der Waals surface area contributed by atoms with E-state index >= 15 is 0 Å². The van der Waals surface area contributed by atoms with E-state index in [0.29, 0.717) is 6.54 Å². The molecule has 0 aromatic heterocycles. The van der Waals surface area contributed by atoms with Gasteiger partial charge in [-0.2, -0.15) is 0 Å². The molecular formula is C11H16FN3. The zero-order valence-electron chi connectivity index (χ0n) is 9.00. The normalized spacial score (nSPS) is 12.8. The highest BCUT2D eigenvalue weighted by molar-refractivity contribution is 5.82. The summed E-state index contributed by atoms with van der Waals surface area (Å²) in [7, 11) is 1.88. The van der Waals surface area contributed by atoms with Gasteiger partial charge in [0, 0.05) is 6.54 Å². The lowest BCUT2D eigenvalue weighted by molar-refractivity contribution is 0.301. The van der Waals surface area contributed by atoms with Crippen molar-refractivity contribution in [1.29, 1.82) is 5.41 Å². The first kappa shape index (κ1) is 11.7. The van der Waals surface area contributed by atoms with Crippen LogP contribution in [-0.4, -0.2) is 23.8 Å². The Hall–Kier alpha value is -1.42. The molecule has 15 heavy (non-hydrogen) atoms. The third-order valence-corrected chi connectivity index (χ3v) is 2.46. The van der Waals surface area contributed by atoms with Gasteiger partial charge < -0.3 is 5.73 Å². The average molecular weight is 209 g/mol. The number of nitrogens with two attached hydrogens (primary N) is 1. The Balaban J connectivity index is 2.62. The Morgan fingerprint density at radius 3 is 2.47 bits per heavy atom. The topological polar surface area (TPSA) is 53.1 Å². The highest BCUT2D eigenvalue weighted by atomic mass is 19.1. The van der Waals surface area contributed by atoms with Crippen LogP contribution in [0.4, 0.5) is 4.39 Å². The van der Waals surface area contributed by atoms with Gasteiger partial charge >= 0.3 is 0 Å². The Bertz CT molecular complexity index is 334. The second-order valence-corrected chi connectivity index (χ2v) is 3.67. The quantitative estimate of drug-likeness (QED) is 0.584. The summed E-state index contributed by atoms with van der Waals surface area (Å²) >= 11 is 0. The number of rotatable bonds is 4. The third kappa shape index (κ3) is 3.32. The van der Waals surface area contributed by atoms with Gasteiger partial charge in [0.2, 0.25) is 0 Å². The number of nitrogens with zero attached hydrogens (tertiary/aromatic N) is 1. The number of hydrogen-bond donors (Lipinski definition) is 2. The first-order chi connectivity index (χ1) is 7.00. The molecule has 1 unspecified atom stereocenters. The summed E-state index contributed by atoms with van der Waals surface area (Å²) in [6.07, 6.45) is 0. The van der Waals surface area contributed by atoms with Gasteiger partial charge in [-0.1, -0.05) is 12.1 Å². The van der Waals surface area contributed by atoms with Crippen molar-refractivity contribution in [2.45, 2.75) is 19.5 Å². The van der Waals surface area contributed by atoms with Crippen molar-refractivity contribution in [1.82, 2.24) is 4.90 Å². The third-order valence-electron chi connectivity index (χ3n) is 2.46. The first-order valence-electron chi connectivity index (χ1n) is 4.79. The van der Waals surface area contributed by atoms with E-state index in [0.717, 1.165) is 5.56 Å². The summed E-state index contributed by atoms with van der Waals surface area (Å²) in [5.41, 5.74) is 6.40. The van der Waals surface area contributed by atoms with Crippen LogP contribution in [-0.2, 0) is 6.54 Å². The summed E-state index contributed by atoms with van der Waals surface area (Å²) in [6.45, 7) is 2.52. The molecule has 0 heterocycles. The molecule has 0 saturated carbocycles. The van der Waals surface area contributed by atoms with Crippen molar-refractivity contribution in [3.05, 3.63) is 35.6 Å². The van der Waals surface area contributed by atoms with Crippen LogP contribution in [0.1, 0.15) is 12.5 Å². The molecule has 1 aromatic carbocycles.